The number of nitrogens with zero attached hydrogens (tertiary/aromatic N) is 3. The molecule has 4 aromatic rings. The number of ether oxygens (including phenoxy) is 1. The van der Waals surface area contributed by atoms with Gasteiger partial charge in [-0.05, 0) is 54.2 Å². The molecule has 2 atom stereocenters. The summed E-state index contributed by atoms with van der Waals surface area (Å²) in [7, 11) is 0. The molecule has 1 saturated heterocycles. The summed E-state index contributed by atoms with van der Waals surface area (Å²) in [6.45, 7) is 0.608. The topological polar surface area (TPSA) is 131 Å². The zero-order valence-electron chi connectivity index (χ0n) is 21.8. The average Bonchev–Trinajstić information content (AvgIpc) is 3.16. The normalized spacial score (nSPS) is 17.3. The van der Waals surface area contributed by atoms with Crippen molar-refractivity contribution in [1.82, 2.24) is 20.2 Å². The van der Waals surface area contributed by atoms with Gasteiger partial charge in [-0.25, -0.2) is 9.78 Å². The zero-order valence-corrected chi connectivity index (χ0v) is 22.6. The van der Waals surface area contributed by atoms with Crippen LogP contribution in [0.5, 0.6) is 0 Å². The van der Waals surface area contributed by atoms with Crippen LogP contribution in [0.1, 0.15) is 39.9 Å². The number of hydrogen-bond acceptors (Lipinski definition) is 7. The Bertz CT molecular complexity index is 1500. The molecule has 1 fully saturated rings. The number of hydrogen-bond donors (Lipinski definition) is 3. The van der Waals surface area contributed by atoms with Gasteiger partial charge in [-0.2, -0.15) is 0 Å². The van der Waals surface area contributed by atoms with Crippen LogP contribution in [0.15, 0.2) is 73.1 Å². The lowest BCUT2D eigenvalue weighted by molar-refractivity contribution is 0.0625. The van der Waals surface area contributed by atoms with Crippen molar-refractivity contribution in [3.8, 4) is 0 Å². The third-order valence-corrected chi connectivity index (χ3v) is 7.26. The van der Waals surface area contributed by atoms with E-state index < -0.39 is 24.1 Å². The highest BCUT2D eigenvalue weighted by Crippen LogP contribution is 2.29. The Labute approximate surface area is 236 Å². The molecule has 0 spiro atoms. The predicted octanol–water partition coefficient (Wildman–Crippen LogP) is 4.35. The quantitative estimate of drug-likeness (QED) is 0.236. The number of anilines is 1. The number of aliphatic hydroxyl groups excluding tert-OH is 1. The molecule has 1 aliphatic rings. The minimum atomic E-state index is -0.977. The molecule has 0 saturated carbocycles. The van der Waals surface area contributed by atoms with E-state index in [9.17, 15) is 14.7 Å². The number of benzene rings is 2. The van der Waals surface area contributed by atoms with E-state index in [2.05, 4.69) is 15.3 Å². The fourth-order valence-corrected chi connectivity index (χ4v) is 5.04. The van der Waals surface area contributed by atoms with Crippen LogP contribution in [-0.2, 0) is 17.8 Å². The first-order chi connectivity index (χ1) is 19.4. The number of amides is 2. The second-order valence-electron chi connectivity index (χ2n) is 9.84. The van der Waals surface area contributed by atoms with Crippen molar-refractivity contribution >= 4 is 40.2 Å². The van der Waals surface area contributed by atoms with Crippen LogP contribution in [0.25, 0.3) is 10.9 Å². The van der Waals surface area contributed by atoms with Crippen molar-refractivity contribution in [3.05, 3.63) is 100 Å². The Hall–Kier alpha value is -4.21. The van der Waals surface area contributed by atoms with Crippen molar-refractivity contribution < 1.29 is 19.4 Å². The zero-order chi connectivity index (χ0) is 28.1. The van der Waals surface area contributed by atoms with E-state index in [1.54, 1.807) is 24.5 Å². The maximum absolute atomic E-state index is 13.5. The summed E-state index contributed by atoms with van der Waals surface area (Å²) >= 11 is 5.94. The Morgan fingerprint density at radius 2 is 1.93 bits per heavy atom. The van der Waals surface area contributed by atoms with Gasteiger partial charge in [0.2, 0.25) is 0 Å². The number of aromatic nitrogens is 2. The minimum absolute atomic E-state index is 0.0438. The first kappa shape index (κ1) is 27.4. The van der Waals surface area contributed by atoms with E-state index in [4.69, 9.17) is 22.1 Å². The number of fused-ring (bicyclic) bond motifs is 1. The van der Waals surface area contributed by atoms with E-state index in [0.29, 0.717) is 36.5 Å². The fourth-order valence-electron chi connectivity index (χ4n) is 4.93. The molecule has 1 aliphatic heterocycles. The Morgan fingerprint density at radius 3 is 2.70 bits per heavy atom. The van der Waals surface area contributed by atoms with Gasteiger partial charge in [0.15, 0.2) is 0 Å². The number of rotatable bonds is 6. The predicted molar refractivity (Wildman–Crippen MR) is 153 cm³/mol. The molecule has 2 unspecified atom stereocenters. The molecule has 9 nitrogen and oxygen atoms in total. The van der Waals surface area contributed by atoms with Crippen LogP contribution < -0.4 is 11.1 Å². The summed E-state index contributed by atoms with van der Waals surface area (Å²) in [4.78, 5) is 36.2. The van der Waals surface area contributed by atoms with Crippen LogP contribution in [0.2, 0.25) is 5.15 Å². The van der Waals surface area contributed by atoms with Gasteiger partial charge in [0.25, 0.3) is 5.91 Å². The average molecular weight is 560 g/mol. The molecule has 0 radical (unpaired) electrons. The monoisotopic (exact) mass is 559 g/mol. The van der Waals surface area contributed by atoms with Gasteiger partial charge >= 0.3 is 6.09 Å². The molecule has 0 aliphatic carbocycles. The van der Waals surface area contributed by atoms with Gasteiger partial charge in [-0.3, -0.25) is 9.78 Å². The van der Waals surface area contributed by atoms with E-state index in [1.165, 1.54) is 4.90 Å². The Kier molecular flexibility index (Phi) is 8.42. The lowest BCUT2D eigenvalue weighted by Crippen LogP contribution is -2.47. The summed E-state index contributed by atoms with van der Waals surface area (Å²) in [5.74, 6) is -0.412. The number of likely N-dealkylation sites (tertiary alicyclic amines) is 1. The Morgan fingerprint density at radius 1 is 1.10 bits per heavy atom. The van der Waals surface area contributed by atoms with Crippen LogP contribution in [0.4, 0.5) is 10.5 Å². The molecular formula is C30H30ClN5O4. The third-order valence-electron chi connectivity index (χ3n) is 7.04. The highest BCUT2D eigenvalue weighted by Gasteiger charge is 2.30. The van der Waals surface area contributed by atoms with Gasteiger partial charge in [0.1, 0.15) is 11.8 Å². The van der Waals surface area contributed by atoms with E-state index in [0.717, 1.165) is 22.1 Å². The number of nitrogens with two attached hydrogens (primary N) is 1. The molecule has 3 heterocycles. The van der Waals surface area contributed by atoms with Crippen molar-refractivity contribution in [2.75, 3.05) is 18.8 Å². The minimum Gasteiger partial charge on any atom is -0.445 e. The van der Waals surface area contributed by atoms with Gasteiger partial charge < -0.3 is 25.8 Å². The molecule has 0 bridgehead atoms. The molecule has 4 N–H and O–H groups in total. The fraction of sp³-hybridized carbons (Fsp3) is 0.267. The molecule has 2 aromatic heterocycles. The maximum Gasteiger partial charge on any atom is 0.410 e. The molecule has 10 heteroatoms. The number of carbonyl (C=O) groups is 2. The van der Waals surface area contributed by atoms with Crippen molar-refractivity contribution in [3.63, 3.8) is 0 Å². The van der Waals surface area contributed by atoms with E-state index in [-0.39, 0.29) is 24.4 Å². The number of pyridine rings is 2. The highest BCUT2D eigenvalue weighted by molar-refractivity contribution is 6.29. The van der Waals surface area contributed by atoms with Crippen LogP contribution >= 0.6 is 11.6 Å². The van der Waals surface area contributed by atoms with E-state index >= 15 is 0 Å². The molecule has 40 heavy (non-hydrogen) atoms. The maximum atomic E-state index is 13.5. The lowest BCUT2D eigenvalue weighted by Gasteiger charge is -2.25. The van der Waals surface area contributed by atoms with Gasteiger partial charge in [0.05, 0.1) is 35.5 Å². The van der Waals surface area contributed by atoms with Crippen LogP contribution in [-0.4, -0.2) is 57.2 Å². The summed E-state index contributed by atoms with van der Waals surface area (Å²) in [5, 5.41) is 15.1. The van der Waals surface area contributed by atoms with Crippen LogP contribution in [0, 0.1) is 0 Å². The Balaban J connectivity index is 1.30. The molecular weight excluding hydrogens is 530 g/mol. The largest absolute Gasteiger partial charge is 0.445 e. The molecule has 206 valence electrons. The van der Waals surface area contributed by atoms with Gasteiger partial charge in [-0.15, -0.1) is 0 Å². The van der Waals surface area contributed by atoms with Gasteiger partial charge in [0, 0.05) is 24.3 Å². The first-order valence-electron chi connectivity index (χ1n) is 13.1. The molecule has 2 aromatic carbocycles. The third kappa shape index (κ3) is 6.32. The molecule has 5 rings (SSSR count). The number of aliphatic hydroxyl groups is 1. The number of halogens is 1. The number of carbonyl (C=O) groups excluding carboxylic acids is 2. The summed E-state index contributed by atoms with van der Waals surface area (Å²) < 4.78 is 5.44. The second-order valence-corrected chi connectivity index (χ2v) is 10.2. The lowest BCUT2D eigenvalue weighted by atomic mass is 9.96. The van der Waals surface area contributed by atoms with Gasteiger partial charge in [-0.1, -0.05) is 54.1 Å². The molecule has 2 amide bonds. The summed E-state index contributed by atoms with van der Waals surface area (Å²) in [5.41, 5.74) is 10.2. The van der Waals surface area contributed by atoms with Crippen molar-refractivity contribution in [2.45, 2.75) is 38.0 Å². The number of β-amino-alcohol motifs (C(OH)–C–C–N with tert-alkyl or cyclic N) is 1. The first-order valence-corrected chi connectivity index (χ1v) is 13.5. The highest BCUT2D eigenvalue weighted by atomic mass is 35.5. The standard InChI is InChI=1S/C30H30ClN5O4/c31-26-11-10-20(16-34-26)14-21-15-23(27(32)28-22(21)8-4-12-33-28)29(38)35-24-9-5-13-36(17-25(24)37)30(39)40-18-19-6-2-1-3-7-19/h1-4,6-8,10-12,15-16,24-25,37H,5,9,13-14,17-18,32H2,(H,35,38). The van der Waals surface area contributed by atoms with Crippen molar-refractivity contribution in [1.29, 1.82) is 0 Å². The summed E-state index contributed by atoms with van der Waals surface area (Å²) in [6.07, 6.45) is 3.43. The number of nitrogens with one attached hydrogen (secondary N) is 1. The van der Waals surface area contributed by atoms with Crippen LogP contribution in [0.3, 0.4) is 0 Å². The SMILES string of the molecule is Nc1c(C(=O)NC2CCCN(C(=O)OCc3ccccc3)CC2O)cc(Cc2ccc(Cl)nc2)c2cccnc12. The number of nitrogen functional groups attached to an aromatic ring is 1. The second kappa shape index (κ2) is 12.3. The van der Waals surface area contributed by atoms with E-state index in [1.807, 2.05) is 48.5 Å². The summed E-state index contributed by atoms with van der Waals surface area (Å²) in [6, 6.07) is 17.9. The smallest absolute Gasteiger partial charge is 0.410 e. The van der Waals surface area contributed by atoms with Crippen molar-refractivity contribution in [2.24, 2.45) is 0 Å².